The number of aliphatic carboxylic acids is 2. The number of hydrogen-bond acceptors (Lipinski definition) is 7. The van der Waals surface area contributed by atoms with Gasteiger partial charge in [-0.15, -0.1) is 0 Å². The number of rotatable bonds is 5. The first kappa shape index (κ1) is 30.9. The van der Waals surface area contributed by atoms with Gasteiger partial charge in [-0.25, -0.2) is 0 Å². The Labute approximate surface area is 229 Å². The van der Waals surface area contributed by atoms with Crippen LogP contribution in [0.3, 0.4) is 0 Å². The number of aliphatic hydroxyl groups excluding tert-OH is 2. The van der Waals surface area contributed by atoms with Crippen LogP contribution in [-0.2, 0) is 19.2 Å². The summed E-state index contributed by atoms with van der Waals surface area (Å²) in [7, 11) is 0. The SMILES string of the molecule is C[C@]12C=CC(=O)C=C1CCC1C2C(O)C[C@@]2(C)C1CC[C@]2(O)C(=O)CO.O=C(O)CCC(=O)O.[CH3][Na]. The molecule has 9 nitrogen and oxygen atoms in total. The van der Waals surface area contributed by atoms with E-state index in [1.807, 2.05) is 13.0 Å². The molecule has 196 valence electrons. The zero-order valence-electron chi connectivity index (χ0n) is 21.6. The Kier molecular flexibility index (Phi) is 10.3. The maximum atomic E-state index is 12.4. The Bertz CT molecular complexity index is 930. The van der Waals surface area contributed by atoms with Crippen molar-refractivity contribution in [2.45, 2.75) is 74.7 Å². The first-order chi connectivity index (χ1) is 16.8. The second kappa shape index (κ2) is 12.0. The van der Waals surface area contributed by atoms with Gasteiger partial charge in [-0.3, -0.25) is 19.2 Å². The zero-order valence-corrected chi connectivity index (χ0v) is 23.6. The molecule has 3 fully saturated rings. The Morgan fingerprint density at radius 2 is 1.67 bits per heavy atom. The van der Waals surface area contributed by atoms with E-state index >= 15 is 0 Å². The van der Waals surface area contributed by atoms with Crippen LogP contribution < -0.4 is 0 Å². The van der Waals surface area contributed by atoms with E-state index in [0.717, 1.165) is 24.8 Å². The molecule has 4 aliphatic carbocycles. The normalized spacial score (nSPS) is 38.1. The number of carboxylic acid groups (broad SMARTS) is 2. The van der Waals surface area contributed by atoms with Crippen molar-refractivity contribution in [2.24, 2.45) is 28.6 Å². The summed E-state index contributed by atoms with van der Waals surface area (Å²) >= 11 is 1.31. The summed E-state index contributed by atoms with van der Waals surface area (Å²) in [5.41, 5.74) is -1.54. The molecule has 0 bridgehead atoms. The van der Waals surface area contributed by atoms with E-state index in [-0.39, 0.29) is 41.8 Å². The fourth-order valence-electron chi connectivity index (χ4n) is 7.13. The number of allylic oxidation sites excluding steroid dienone is 4. The Morgan fingerprint density at radius 3 is 2.19 bits per heavy atom. The summed E-state index contributed by atoms with van der Waals surface area (Å²) < 4.78 is 2.14. The van der Waals surface area contributed by atoms with E-state index in [0.29, 0.717) is 12.8 Å². The van der Waals surface area contributed by atoms with E-state index in [1.54, 1.807) is 12.2 Å². The molecule has 36 heavy (non-hydrogen) atoms. The minimum atomic E-state index is -1.56. The van der Waals surface area contributed by atoms with Crippen LogP contribution in [-0.4, -0.2) is 95.3 Å². The number of fused-ring (bicyclic) bond motifs is 5. The van der Waals surface area contributed by atoms with Crippen molar-refractivity contribution in [1.82, 2.24) is 0 Å². The molecule has 7 atom stereocenters. The fraction of sp³-hybridized carbons (Fsp3) is 0.692. The molecule has 10 heteroatoms. The van der Waals surface area contributed by atoms with Crippen LogP contribution in [0.25, 0.3) is 0 Å². The summed E-state index contributed by atoms with van der Waals surface area (Å²) in [6.07, 6.45) is 7.09. The van der Waals surface area contributed by atoms with Crippen LogP contribution in [0, 0.1) is 28.6 Å². The van der Waals surface area contributed by atoms with Crippen LogP contribution in [0.2, 0.25) is 4.17 Å². The summed E-state index contributed by atoms with van der Waals surface area (Å²) in [6, 6.07) is 0. The predicted molar refractivity (Wildman–Crippen MR) is 131 cm³/mol. The molecule has 0 spiro atoms. The van der Waals surface area contributed by atoms with E-state index < -0.39 is 41.4 Å². The summed E-state index contributed by atoms with van der Waals surface area (Å²) in [5.74, 6) is -2.38. The average Bonchev–Trinajstić information content (AvgIpc) is 3.10. The summed E-state index contributed by atoms with van der Waals surface area (Å²) in [6.45, 7) is 3.34. The van der Waals surface area contributed by atoms with E-state index in [9.17, 15) is 34.5 Å². The van der Waals surface area contributed by atoms with Gasteiger partial charge in [-0.2, -0.15) is 0 Å². The summed E-state index contributed by atoms with van der Waals surface area (Å²) in [4.78, 5) is 43.4. The molecule has 0 heterocycles. The second-order valence-electron chi connectivity index (χ2n) is 10.5. The van der Waals surface area contributed by atoms with Crippen molar-refractivity contribution in [3.8, 4) is 0 Å². The number of carbonyl (C=O) groups is 4. The molecule has 0 aromatic rings. The molecule has 0 aliphatic heterocycles. The van der Waals surface area contributed by atoms with Gasteiger partial charge in [0.1, 0.15) is 12.2 Å². The minimum absolute atomic E-state index is 0.00912. The quantitative estimate of drug-likeness (QED) is 0.341. The van der Waals surface area contributed by atoms with Gasteiger partial charge in [0.2, 0.25) is 0 Å². The van der Waals surface area contributed by atoms with Crippen molar-refractivity contribution < 1.29 is 44.7 Å². The van der Waals surface area contributed by atoms with Crippen molar-refractivity contribution in [3.05, 3.63) is 23.8 Å². The van der Waals surface area contributed by atoms with Crippen LogP contribution in [0.1, 0.15) is 58.8 Å². The number of ketones is 2. The van der Waals surface area contributed by atoms with Crippen molar-refractivity contribution in [2.75, 3.05) is 6.61 Å². The Balaban J connectivity index is 0.000000392. The van der Waals surface area contributed by atoms with Gasteiger partial charge < -0.3 is 25.5 Å². The van der Waals surface area contributed by atoms with Gasteiger partial charge in [0.05, 0.1) is 18.9 Å². The maximum absolute atomic E-state index is 12.4. The fourth-order valence-corrected chi connectivity index (χ4v) is 7.13. The van der Waals surface area contributed by atoms with Gasteiger partial charge in [0.25, 0.3) is 0 Å². The third-order valence-corrected chi connectivity index (χ3v) is 8.81. The zero-order chi connectivity index (χ0) is 27.5. The third kappa shape index (κ3) is 5.56. The van der Waals surface area contributed by atoms with Crippen LogP contribution in [0.4, 0.5) is 0 Å². The van der Waals surface area contributed by atoms with Gasteiger partial charge >= 0.3 is 44.0 Å². The molecular weight excluding hydrogens is 479 g/mol. The first-order valence-corrected chi connectivity index (χ1v) is 14.7. The topological polar surface area (TPSA) is 169 Å². The molecule has 4 unspecified atom stereocenters. The van der Waals surface area contributed by atoms with Crippen molar-refractivity contribution in [1.29, 1.82) is 0 Å². The first-order valence-electron chi connectivity index (χ1n) is 12.7. The molecular formula is C26H37NaO9. The van der Waals surface area contributed by atoms with Gasteiger partial charge in [0, 0.05) is 16.7 Å². The van der Waals surface area contributed by atoms with E-state index in [4.69, 9.17) is 10.2 Å². The Hall–Kier alpha value is -1.36. The van der Waals surface area contributed by atoms with Crippen molar-refractivity contribution in [3.63, 3.8) is 0 Å². The molecule has 5 N–H and O–H groups in total. The second-order valence-corrected chi connectivity index (χ2v) is 10.5. The van der Waals surface area contributed by atoms with Gasteiger partial charge in [-0.1, -0.05) is 25.5 Å². The monoisotopic (exact) mass is 516 g/mol. The molecule has 0 saturated heterocycles. The number of aliphatic hydroxyl groups is 3. The van der Waals surface area contributed by atoms with E-state index in [2.05, 4.69) is 11.1 Å². The third-order valence-electron chi connectivity index (χ3n) is 8.81. The van der Waals surface area contributed by atoms with E-state index in [1.165, 1.54) is 27.9 Å². The van der Waals surface area contributed by atoms with Gasteiger partial charge in [-0.05, 0) is 56.1 Å². The Morgan fingerprint density at radius 1 is 1.08 bits per heavy atom. The van der Waals surface area contributed by atoms with Crippen LogP contribution in [0.5, 0.6) is 0 Å². The van der Waals surface area contributed by atoms with Gasteiger partial charge in [0.15, 0.2) is 11.6 Å². The molecule has 0 amide bonds. The molecule has 4 aliphatic rings. The molecule has 4 rings (SSSR count). The predicted octanol–water partition coefficient (Wildman–Crippen LogP) is 1.70. The molecule has 0 aromatic heterocycles. The number of carboxylic acids is 2. The molecule has 3 saturated carbocycles. The molecule has 0 aromatic carbocycles. The average molecular weight is 517 g/mol. The standard InChI is InChI=1S/C21H28O5.C4H6O4.CH3.Na/c1-19-7-5-13(23)9-12(19)3-4-14-15-6-8-21(26,17(25)11-22)20(15,2)10-16(24)18(14)19;5-3(6)1-2-4(7)8;;/h5,7,9,14-16,18,22,24,26H,3-4,6,8,10-11H2,1-2H3;1-2H2,(H,5,6)(H,7,8);1H3;/t14?,15?,16?,18?,19-,20-,21-;;;/m0.../s1. The number of hydrogen-bond donors (Lipinski definition) is 5. The summed E-state index contributed by atoms with van der Waals surface area (Å²) in [5, 5.41) is 47.5. The molecule has 0 radical (unpaired) electrons. The van der Waals surface area contributed by atoms with Crippen LogP contribution in [0.15, 0.2) is 23.8 Å². The van der Waals surface area contributed by atoms with Crippen molar-refractivity contribution >= 4 is 51.4 Å². The number of Topliss-reactive ketones (excluding diaryl/α,β-unsaturated/α-hetero) is 1. The number of carbonyl (C=O) groups excluding carboxylic acids is 2. The van der Waals surface area contributed by atoms with Crippen LogP contribution >= 0.6 is 0 Å².